The molecule has 0 bridgehead atoms. The van der Waals surface area contributed by atoms with Gasteiger partial charge in [-0.2, -0.15) is 10.1 Å². The maximum Gasteiger partial charge on any atom is 0.280 e. The number of hydrazone groups is 1. The van der Waals surface area contributed by atoms with Gasteiger partial charge in [-0.15, -0.1) is 0 Å². The van der Waals surface area contributed by atoms with Crippen LogP contribution in [0.5, 0.6) is 0 Å². The van der Waals surface area contributed by atoms with Crippen molar-refractivity contribution in [3.63, 3.8) is 0 Å². The average molecular weight is 415 g/mol. The lowest BCUT2D eigenvalue weighted by atomic mass is 10.1. The highest BCUT2D eigenvalue weighted by molar-refractivity contribution is 6.42. The van der Waals surface area contributed by atoms with E-state index in [0.29, 0.717) is 38.5 Å². The molecule has 140 valence electrons. The lowest BCUT2D eigenvalue weighted by Gasteiger charge is -2.11. The molecule has 1 aromatic heterocycles. The van der Waals surface area contributed by atoms with E-state index in [4.69, 9.17) is 27.6 Å². The molecule has 1 amide bonds. The summed E-state index contributed by atoms with van der Waals surface area (Å²) in [4.78, 5) is 12.7. The molecule has 0 fully saturated rings. The maximum atomic E-state index is 13.1. The molecule has 1 aliphatic heterocycles. The predicted octanol–water partition coefficient (Wildman–Crippen LogP) is 6.20. The molecule has 3 aromatic rings. The quantitative estimate of drug-likeness (QED) is 0.479. The maximum absolute atomic E-state index is 13.1. The van der Waals surface area contributed by atoms with Crippen LogP contribution in [0.15, 0.2) is 69.7 Å². The first-order chi connectivity index (χ1) is 13.4. The Balaban J connectivity index is 1.62. The molecule has 2 heterocycles. The van der Waals surface area contributed by atoms with Gasteiger partial charge in [-0.05, 0) is 67.6 Å². The van der Waals surface area contributed by atoms with E-state index >= 15 is 0 Å². The highest BCUT2D eigenvalue weighted by Crippen LogP contribution is 2.31. The van der Waals surface area contributed by atoms with E-state index in [0.717, 1.165) is 5.56 Å². The second-order valence-electron chi connectivity index (χ2n) is 6.17. The topological polar surface area (TPSA) is 45.8 Å². The minimum Gasteiger partial charge on any atom is -0.457 e. The van der Waals surface area contributed by atoms with E-state index < -0.39 is 0 Å². The van der Waals surface area contributed by atoms with Crippen molar-refractivity contribution in [3.05, 3.63) is 81.8 Å². The van der Waals surface area contributed by atoms with Crippen molar-refractivity contribution in [2.24, 2.45) is 5.10 Å². The molecule has 0 atom stereocenters. The largest absolute Gasteiger partial charge is 0.457 e. The molecule has 2 aromatic carbocycles. The van der Waals surface area contributed by atoms with Crippen molar-refractivity contribution in [2.45, 2.75) is 6.92 Å². The summed E-state index contributed by atoms with van der Waals surface area (Å²) in [5, 5.41) is 6.40. The summed E-state index contributed by atoms with van der Waals surface area (Å²) >= 11 is 12.0. The molecule has 1 aliphatic rings. The van der Waals surface area contributed by atoms with E-state index in [-0.39, 0.29) is 11.7 Å². The predicted molar refractivity (Wildman–Crippen MR) is 109 cm³/mol. The summed E-state index contributed by atoms with van der Waals surface area (Å²) in [6, 6.07) is 14.3. The molecular formula is C21H13Cl2FN2O2. The van der Waals surface area contributed by atoms with Crippen LogP contribution in [0.2, 0.25) is 10.0 Å². The number of carbonyl (C=O) groups is 1. The molecule has 4 nitrogen and oxygen atoms in total. The zero-order valence-electron chi connectivity index (χ0n) is 14.6. The van der Waals surface area contributed by atoms with Crippen LogP contribution in [-0.2, 0) is 4.79 Å². The van der Waals surface area contributed by atoms with Gasteiger partial charge >= 0.3 is 0 Å². The third-order valence-electron chi connectivity index (χ3n) is 4.25. The van der Waals surface area contributed by atoms with Crippen LogP contribution >= 0.6 is 23.2 Å². The molecule has 0 unspecified atom stereocenters. The zero-order valence-corrected chi connectivity index (χ0v) is 16.1. The van der Waals surface area contributed by atoms with E-state index in [1.54, 1.807) is 43.3 Å². The number of halogens is 3. The van der Waals surface area contributed by atoms with Gasteiger partial charge in [0.25, 0.3) is 5.91 Å². The molecule has 0 spiro atoms. The lowest BCUT2D eigenvalue weighted by molar-refractivity contribution is -0.114. The Morgan fingerprint density at radius 1 is 1.04 bits per heavy atom. The lowest BCUT2D eigenvalue weighted by Crippen LogP contribution is -2.21. The number of hydrogen-bond donors (Lipinski definition) is 0. The smallest absolute Gasteiger partial charge is 0.280 e. The number of nitrogens with zero attached hydrogens (tertiary/aromatic N) is 2. The first-order valence-electron chi connectivity index (χ1n) is 8.35. The number of hydrogen-bond acceptors (Lipinski definition) is 3. The van der Waals surface area contributed by atoms with Crippen molar-refractivity contribution in [1.82, 2.24) is 0 Å². The highest BCUT2D eigenvalue weighted by atomic mass is 35.5. The van der Waals surface area contributed by atoms with E-state index in [1.807, 2.05) is 0 Å². The first kappa shape index (κ1) is 18.5. The van der Waals surface area contributed by atoms with Crippen LogP contribution in [-0.4, -0.2) is 11.6 Å². The Labute approximate surface area is 170 Å². The molecule has 0 aliphatic carbocycles. The minimum absolute atomic E-state index is 0.309. The second-order valence-corrected chi connectivity index (χ2v) is 6.98. The normalized spacial score (nSPS) is 15.4. The third kappa shape index (κ3) is 3.46. The molecular weight excluding hydrogens is 402 g/mol. The molecule has 0 N–H and O–H groups in total. The monoisotopic (exact) mass is 414 g/mol. The van der Waals surface area contributed by atoms with Gasteiger partial charge in [-0.25, -0.2) is 4.39 Å². The van der Waals surface area contributed by atoms with E-state index in [9.17, 15) is 9.18 Å². The van der Waals surface area contributed by atoms with Crippen LogP contribution in [0, 0.1) is 5.82 Å². The Bertz CT molecular complexity index is 1130. The Morgan fingerprint density at radius 2 is 1.79 bits per heavy atom. The van der Waals surface area contributed by atoms with Crippen LogP contribution in [0.4, 0.5) is 10.1 Å². The minimum atomic E-state index is -0.378. The summed E-state index contributed by atoms with van der Waals surface area (Å²) in [6.07, 6.45) is 1.63. The number of anilines is 1. The van der Waals surface area contributed by atoms with Gasteiger partial charge in [0.2, 0.25) is 0 Å². The van der Waals surface area contributed by atoms with Crippen LogP contribution in [0.3, 0.4) is 0 Å². The second kappa shape index (κ2) is 7.26. The Kier molecular flexibility index (Phi) is 4.79. The van der Waals surface area contributed by atoms with Crippen molar-refractivity contribution in [1.29, 1.82) is 0 Å². The Morgan fingerprint density at radius 3 is 2.50 bits per heavy atom. The standard InChI is InChI=1S/C21H13Cl2FN2O2/c1-12-17(21(27)26(25-12)15-5-3-14(24)4-6-15)11-16-7-9-20(28-16)13-2-8-18(22)19(23)10-13/h2-11H,1H3/b17-11+. The van der Waals surface area contributed by atoms with Gasteiger partial charge in [0, 0.05) is 5.56 Å². The summed E-state index contributed by atoms with van der Waals surface area (Å²) in [5.74, 6) is 0.412. The van der Waals surface area contributed by atoms with Crippen LogP contribution < -0.4 is 5.01 Å². The first-order valence-corrected chi connectivity index (χ1v) is 9.10. The Hall–Kier alpha value is -2.89. The summed E-state index contributed by atoms with van der Waals surface area (Å²) < 4.78 is 18.9. The fraction of sp³-hybridized carbons (Fsp3) is 0.0476. The molecule has 0 saturated carbocycles. The van der Waals surface area contributed by atoms with E-state index in [1.165, 1.54) is 29.3 Å². The third-order valence-corrected chi connectivity index (χ3v) is 4.99. The SMILES string of the molecule is CC1=NN(c2ccc(F)cc2)C(=O)/C1=C/c1ccc(-c2ccc(Cl)c(Cl)c2)o1. The number of amides is 1. The van der Waals surface area contributed by atoms with Gasteiger partial charge in [0.15, 0.2) is 0 Å². The molecule has 28 heavy (non-hydrogen) atoms. The fourth-order valence-electron chi connectivity index (χ4n) is 2.82. The number of rotatable bonds is 3. The van der Waals surface area contributed by atoms with Gasteiger partial charge in [0.1, 0.15) is 17.3 Å². The average Bonchev–Trinajstić information content (AvgIpc) is 3.25. The van der Waals surface area contributed by atoms with Crippen molar-refractivity contribution >= 4 is 46.6 Å². The van der Waals surface area contributed by atoms with Gasteiger partial charge < -0.3 is 4.42 Å². The molecule has 7 heteroatoms. The van der Waals surface area contributed by atoms with Crippen LogP contribution in [0.1, 0.15) is 12.7 Å². The van der Waals surface area contributed by atoms with Gasteiger partial charge in [-0.3, -0.25) is 4.79 Å². The van der Waals surface area contributed by atoms with Gasteiger partial charge in [0.05, 0.1) is 27.0 Å². The summed E-state index contributed by atoms with van der Waals surface area (Å²) in [6.45, 7) is 1.73. The van der Waals surface area contributed by atoms with E-state index in [2.05, 4.69) is 5.10 Å². The molecule has 0 radical (unpaired) electrons. The number of benzene rings is 2. The van der Waals surface area contributed by atoms with Crippen LogP contribution in [0.25, 0.3) is 17.4 Å². The molecule has 4 rings (SSSR count). The number of carbonyl (C=O) groups excluding carboxylic acids is 1. The highest BCUT2D eigenvalue weighted by Gasteiger charge is 2.29. The molecule has 0 saturated heterocycles. The van der Waals surface area contributed by atoms with Crippen molar-refractivity contribution in [2.75, 3.05) is 5.01 Å². The summed E-state index contributed by atoms with van der Waals surface area (Å²) in [7, 11) is 0. The summed E-state index contributed by atoms with van der Waals surface area (Å²) in [5.41, 5.74) is 2.21. The van der Waals surface area contributed by atoms with Crippen molar-refractivity contribution in [3.8, 4) is 11.3 Å². The van der Waals surface area contributed by atoms with Gasteiger partial charge in [-0.1, -0.05) is 23.2 Å². The van der Waals surface area contributed by atoms with Crippen molar-refractivity contribution < 1.29 is 13.6 Å². The number of furan rings is 1. The zero-order chi connectivity index (χ0) is 19.8. The fourth-order valence-corrected chi connectivity index (χ4v) is 3.12.